The molecule has 0 fully saturated rings. The number of rotatable bonds is 1. The summed E-state index contributed by atoms with van der Waals surface area (Å²) in [4.78, 5) is 12.7. The average Bonchev–Trinajstić information content (AvgIpc) is 2.40. The molecule has 3 heterocycles. The van der Waals surface area contributed by atoms with Crippen LogP contribution in [0.2, 0.25) is 0 Å². The lowest BCUT2D eigenvalue weighted by Crippen LogP contribution is -1.95. The van der Waals surface area contributed by atoms with Crippen molar-refractivity contribution in [3.8, 4) is 11.4 Å². The van der Waals surface area contributed by atoms with Crippen molar-refractivity contribution < 1.29 is 0 Å². The lowest BCUT2D eigenvalue weighted by atomic mass is 10.1. The highest BCUT2D eigenvalue weighted by Crippen LogP contribution is 2.23. The predicted octanol–water partition coefficient (Wildman–Crippen LogP) is 2.27. The predicted molar refractivity (Wildman–Crippen MR) is 67.2 cm³/mol. The first kappa shape index (κ1) is 9.72. The molecule has 0 radical (unpaired) electrons. The molecule has 0 aromatic carbocycles. The molecular formula is C13H10N4. The summed E-state index contributed by atoms with van der Waals surface area (Å²) in [5.41, 5.74) is 7.51. The Bertz CT molecular complexity index is 665. The second kappa shape index (κ2) is 3.83. The van der Waals surface area contributed by atoms with E-state index in [1.54, 1.807) is 18.6 Å². The number of pyridine rings is 3. The Morgan fingerprint density at radius 2 is 1.94 bits per heavy atom. The van der Waals surface area contributed by atoms with Crippen LogP contribution in [-0.2, 0) is 0 Å². The molecule has 0 saturated heterocycles. The molecule has 2 N–H and O–H groups in total. The van der Waals surface area contributed by atoms with E-state index in [0.717, 1.165) is 22.2 Å². The van der Waals surface area contributed by atoms with Gasteiger partial charge in [0, 0.05) is 29.4 Å². The van der Waals surface area contributed by atoms with Gasteiger partial charge in [-0.05, 0) is 24.3 Å². The zero-order valence-electron chi connectivity index (χ0n) is 9.04. The van der Waals surface area contributed by atoms with Gasteiger partial charge >= 0.3 is 0 Å². The van der Waals surface area contributed by atoms with E-state index < -0.39 is 0 Å². The van der Waals surface area contributed by atoms with E-state index in [1.165, 1.54) is 0 Å². The number of nitrogens with two attached hydrogens (primary N) is 1. The number of anilines is 1. The molecule has 0 atom stereocenters. The van der Waals surface area contributed by atoms with Gasteiger partial charge in [-0.2, -0.15) is 0 Å². The van der Waals surface area contributed by atoms with E-state index in [0.29, 0.717) is 5.82 Å². The zero-order chi connectivity index (χ0) is 11.7. The molecule has 4 heteroatoms. The third-order valence-electron chi connectivity index (χ3n) is 2.59. The van der Waals surface area contributed by atoms with Crippen LogP contribution in [0.25, 0.3) is 22.2 Å². The van der Waals surface area contributed by atoms with E-state index in [4.69, 9.17) is 5.73 Å². The molecule has 0 spiro atoms. The van der Waals surface area contributed by atoms with Crippen LogP contribution in [0.1, 0.15) is 0 Å². The minimum Gasteiger partial charge on any atom is -0.383 e. The van der Waals surface area contributed by atoms with Gasteiger partial charge in [-0.15, -0.1) is 0 Å². The van der Waals surface area contributed by atoms with Gasteiger partial charge in [0.05, 0.1) is 11.4 Å². The Morgan fingerprint density at radius 3 is 2.76 bits per heavy atom. The normalized spacial score (nSPS) is 10.6. The first-order valence-electron chi connectivity index (χ1n) is 5.26. The van der Waals surface area contributed by atoms with Crippen molar-refractivity contribution in [1.29, 1.82) is 0 Å². The van der Waals surface area contributed by atoms with E-state index >= 15 is 0 Å². The number of nitrogen functional groups attached to an aromatic ring is 1. The maximum atomic E-state index is 5.93. The maximum absolute atomic E-state index is 5.93. The fraction of sp³-hybridized carbons (Fsp3) is 0. The molecule has 4 nitrogen and oxygen atoms in total. The third kappa shape index (κ3) is 1.69. The number of hydrogen-bond donors (Lipinski definition) is 1. The largest absolute Gasteiger partial charge is 0.383 e. The van der Waals surface area contributed by atoms with Crippen molar-refractivity contribution in [3.63, 3.8) is 0 Å². The lowest BCUT2D eigenvalue weighted by molar-refractivity contribution is 1.26. The molecule has 3 aromatic rings. The quantitative estimate of drug-likeness (QED) is 0.686. The van der Waals surface area contributed by atoms with Crippen LogP contribution in [0, 0.1) is 0 Å². The van der Waals surface area contributed by atoms with Crippen LogP contribution in [0.15, 0.2) is 48.9 Å². The molecule has 3 rings (SSSR count). The van der Waals surface area contributed by atoms with Crippen LogP contribution >= 0.6 is 0 Å². The lowest BCUT2D eigenvalue weighted by Gasteiger charge is -2.04. The van der Waals surface area contributed by atoms with Gasteiger partial charge < -0.3 is 5.73 Å². The number of hydrogen-bond acceptors (Lipinski definition) is 4. The monoisotopic (exact) mass is 222 g/mol. The SMILES string of the molecule is Nc1nc(-c2ccccn2)cc2cnccc12. The Hall–Kier alpha value is -2.49. The molecule has 0 aliphatic carbocycles. The molecule has 3 aromatic heterocycles. The minimum atomic E-state index is 0.505. The summed E-state index contributed by atoms with van der Waals surface area (Å²) in [7, 11) is 0. The fourth-order valence-corrected chi connectivity index (χ4v) is 1.77. The Morgan fingerprint density at radius 1 is 1.00 bits per heavy atom. The van der Waals surface area contributed by atoms with E-state index in [1.807, 2.05) is 30.3 Å². The Labute approximate surface area is 98.2 Å². The molecule has 0 bridgehead atoms. The number of fused-ring (bicyclic) bond motifs is 1. The molecule has 82 valence electrons. The van der Waals surface area contributed by atoms with Crippen LogP contribution in [0.4, 0.5) is 5.82 Å². The Kier molecular flexibility index (Phi) is 2.19. The van der Waals surface area contributed by atoms with Crippen LogP contribution in [0.3, 0.4) is 0 Å². The smallest absolute Gasteiger partial charge is 0.132 e. The minimum absolute atomic E-state index is 0.505. The summed E-state index contributed by atoms with van der Waals surface area (Å²) in [6.45, 7) is 0. The standard InChI is InChI=1S/C13H10N4/c14-13-10-4-6-15-8-9(10)7-12(17-13)11-3-1-2-5-16-11/h1-8H,(H2,14,17). The van der Waals surface area contributed by atoms with Crippen molar-refractivity contribution in [2.45, 2.75) is 0 Å². The highest BCUT2D eigenvalue weighted by atomic mass is 14.9. The second-order valence-electron chi connectivity index (χ2n) is 3.70. The molecular weight excluding hydrogens is 212 g/mol. The van der Waals surface area contributed by atoms with Crippen molar-refractivity contribution in [1.82, 2.24) is 15.0 Å². The van der Waals surface area contributed by atoms with E-state index in [2.05, 4.69) is 15.0 Å². The third-order valence-corrected chi connectivity index (χ3v) is 2.59. The molecule has 17 heavy (non-hydrogen) atoms. The fourth-order valence-electron chi connectivity index (χ4n) is 1.77. The van der Waals surface area contributed by atoms with Crippen molar-refractivity contribution >= 4 is 16.6 Å². The first-order valence-corrected chi connectivity index (χ1v) is 5.26. The number of aromatic nitrogens is 3. The maximum Gasteiger partial charge on any atom is 0.132 e. The zero-order valence-corrected chi connectivity index (χ0v) is 9.04. The summed E-state index contributed by atoms with van der Waals surface area (Å²) in [5, 5.41) is 1.89. The van der Waals surface area contributed by atoms with Crippen LogP contribution in [0.5, 0.6) is 0 Å². The van der Waals surface area contributed by atoms with Crippen molar-refractivity contribution in [3.05, 3.63) is 48.9 Å². The van der Waals surface area contributed by atoms with E-state index in [-0.39, 0.29) is 0 Å². The second-order valence-corrected chi connectivity index (χ2v) is 3.70. The summed E-state index contributed by atoms with van der Waals surface area (Å²) in [5.74, 6) is 0.505. The molecule has 0 aliphatic heterocycles. The highest BCUT2D eigenvalue weighted by molar-refractivity contribution is 5.92. The van der Waals surface area contributed by atoms with Crippen molar-refractivity contribution in [2.75, 3.05) is 5.73 Å². The molecule has 0 amide bonds. The van der Waals surface area contributed by atoms with Gasteiger partial charge in [0.15, 0.2) is 0 Å². The summed E-state index contributed by atoms with van der Waals surface area (Å²) < 4.78 is 0. The van der Waals surface area contributed by atoms with Gasteiger partial charge in [0.1, 0.15) is 5.82 Å². The van der Waals surface area contributed by atoms with Gasteiger partial charge in [0.2, 0.25) is 0 Å². The highest BCUT2D eigenvalue weighted by Gasteiger charge is 2.05. The van der Waals surface area contributed by atoms with Gasteiger partial charge in [-0.1, -0.05) is 6.07 Å². The number of nitrogens with zero attached hydrogens (tertiary/aromatic N) is 3. The molecule has 0 unspecified atom stereocenters. The average molecular weight is 222 g/mol. The van der Waals surface area contributed by atoms with Crippen LogP contribution in [-0.4, -0.2) is 15.0 Å². The Balaban J connectivity index is 2.26. The van der Waals surface area contributed by atoms with Crippen LogP contribution < -0.4 is 5.73 Å². The summed E-state index contributed by atoms with van der Waals surface area (Å²) in [6.07, 6.45) is 5.22. The van der Waals surface area contributed by atoms with E-state index in [9.17, 15) is 0 Å². The first-order chi connectivity index (χ1) is 8.34. The summed E-state index contributed by atoms with van der Waals surface area (Å²) >= 11 is 0. The summed E-state index contributed by atoms with van der Waals surface area (Å²) in [6, 6.07) is 9.51. The molecule has 0 aliphatic rings. The van der Waals surface area contributed by atoms with Gasteiger partial charge in [0.25, 0.3) is 0 Å². The topological polar surface area (TPSA) is 64.7 Å². The van der Waals surface area contributed by atoms with Crippen molar-refractivity contribution in [2.24, 2.45) is 0 Å². The molecule has 0 saturated carbocycles. The van der Waals surface area contributed by atoms with Gasteiger partial charge in [-0.25, -0.2) is 4.98 Å². The van der Waals surface area contributed by atoms with Gasteiger partial charge in [-0.3, -0.25) is 9.97 Å².